The maximum atomic E-state index is 14.0. The average molecular weight is 362 g/mol. The summed E-state index contributed by atoms with van der Waals surface area (Å²) >= 11 is 0. The molecule has 0 bridgehead atoms. The van der Waals surface area contributed by atoms with E-state index in [1.54, 1.807) is 18.3 Å². The van der Waals surface area contributed by atoms with Crippen molar-refractivity contribution in [2.75, 3.05) is 0 Å². The molecule has 4 aromatic rings. The van der Waals surface area contributed by atoms with Crippen molar-refractivity contribution in [3.8, 4) is 0 Å². The van der Waals surface area contributed by atoms with Crippen LogP contribution >= 0.6 is 0 Å². The Labute approximate surface area is 152 Å². The molecule has 0 spiro atoms. The monoisotopic (exact) mass is 362 g/mol. The summed E-state index contributed by atoms with van der Waals surface area (Å²) in [6.45, 7) is 0. The summed E-state index contributed by atoms with van der Waals surface area (Å²) in [5.74, 6) is -0.842. The molecule has 27 heavy (non-hydrogen) atoms. The fraction of sp³-hybridized carbons (Fsp3) is 0.105. The van der Waals surface area contributed by atoms with Gasteiger partial charge in [0.2, 0.25) is 0 Å². The van der Waals surface area contributed by atoms with Gasteiger partial charge in [-0.15, -0.1) is 0 Å². The highest BCUT2D eigenvalue weighted by molar-refractivity contribution is 5.97. The Morgan fingerprint density at radius 2 is 1.85 bits per heavy atom. The van der Waals surface area contributed by atoms with Crippen molar-refractivity contribution >= 4 is 22.7 Å². The SMILES string of the molecule is Fc1ccc(C2C=Nc3cc(F)cc4cnnc(c34)C2c2ncn[nH]2)cc1. The van der Waals surface area contributed by atoms with Crippen LogP contribution in [-0.2, 0) is 0 Å². The summed E-state index contributed by atoms with van der Waals surface area (Å²) in [5.41, 5.74) is 1.92. The van der Waals surface area contributed by atoms with E-state index in [0.29, 0.717) is 28.0 Å². The minimum Gasteiger partial charge on any atom is -0.263 e. The van der Waals surface area contributed by atoms with Gasteiger partial charge in [0.25, 0.3) is 0 Å². The highest BCUT2D eigenvalue weighted by Crippen LogP contribution is 2.43. The number of hydrogen-bond donors (Lipinski definition) is 1. The maximum absolute atomic E-state index is 14.0. The molecule has 6 nitrogen and oxygen atoms in total. The minimum atomic E-state index is -0.398. The van der Waals surface area contributed by atoms with Crippen LogP contribution < -0.4 is 0 Å². The van der Waals surface area contributed by atoms with Gasteiger partial charge in [-0.2, -0.15) is 15.3 Å². The summed E-state index contributed by atoms with van der Waals surface area (Å²) < 4.78 is 27.4. The maximum Gasteiger partial charge on any atom is 0.137 e. The van der Waals surface area contributed by atoms with E-state index in [4.69, 9.17) is 0 Å². The van der Waals surface area contributed by atoms with E-state index in [1.165, 1.54) is 36.8 Å². The molecule has 0 fully saturated rings. The molecule has 0 amide bonds. The molecule has 3 heterocycles. The minimum absolute atomic E-state index is 0.311. The number of H-pyrrole nitrogens is 1. The van der Waals surface area contributed by atoms with Gasteiger partial charge >= 0.3 is 0 Å². The molecule has 0 saturated carbocycles. The van der Waals surface area contributed by atoms with Gasteiger partial charge in [-0.25, -0.2) is 13.8 Å². The second-order valence-corrected chi connectivity index (χ2v) is 6.32. The van der Waals surface area contributed by atoms with Crippen molar-refractivity contribution in [3.05, 3.63) is 77.6 Å². The first-order chi connectivity index (χ1) is 13.2. The molecule has 2 aromatic carbocycles. The summed E-state index contributed by atoms with van der Waals surface area (Å²) in [7, 11) is 0. The van der Waals surface area contributed by atoms with Gasteiger partial charge in [-0.05, 0) is 23.8 Å². The fourth-order valence-corrected chi connectivity index (χ4v) is 3.56. The number of halogens is 2. The molecule has 8 heteroatoms. The molecular weight excluding hydrogens is 350 g/mol. The van der Waals surface area contributed by atoms with Crippen LogP contribution in [0.3, 0.4) is 0 Å². The number of aliphatic imine (C=N–C) groups is 1. The molecular formula is C19H12F2N6. The largest absolute Gasteiger partial charge is 0.263 e. The van der Waals surface area contributed by atoms with E-state index in [-0.39, 0.29) is 17.7 Å². The lowest BCUT2D eigenvalue weighted by molar-refractivity contribution is 0.624. The summed E-state index contributed by atoms with van der Waals surface area (Å²) in [6, 6.07) is 8.95. The Hall–Kier alpha value is -3.55. The van der Waals surface area contributed by atoms with E-state index >= 15 is 0 Å². The van der Waals surface area contributed by atoms with Crippen LogP contribution in [0.5, 0.6) is 0 Å². The van der Waals surface area contributed by atoms with Gasteiger partial charge in [0.15, 0.2) is 0 Å². The summed E-state index contributed by atoms with van der Waals surface area (Å²) in [6.07, 6.45) is 4.64. The van der Waals surface area contributed by atoms with E-state index in [1.807, 2.05) is 0 Å². The number of nitrogens with one attached hydrogen (secondary N) is 1. The highest BCUT2D eigenvalue weighted by Gasteiger charge is 2.33. The fourth-order valence-electron chi connectivity index (χ4n) is 3.56. The quantitative estimate of drug-likeness (QED) is 0.590. The van der Waals surface area contributed by atoms with Gasteiger partial charge in [0.05, 0.1) is 23.5 Å². The molecule has 2 atom stereocenters. The van der Waals surface area contributed by atoms with Crippen LogP contribution in [0.2, 0.25) is 0 Å². The highest BCUT2D eigenvalue weighted by atomic mass is 19.1. The van der Waals surface area contributed by atoms with Crippen LogP contribution in [0.4, 0.5) is 14.5 Å². The summed E-state index contributed by atoms with van der Waals surface area (Å²) in [4.78, 5) is 8.83. The zero-order valence-electron chi connectivity index (χ0n) is 13.8. The third-order valence-electron chi connectivity index (χ3n) is 4.74. The van der Waals surface area contributed by atoms with Gasteiger partial charge in [-0.3, -0.25) is 10.1 Å². The molecule has 1 aliphatic heterocycles. The predicted octanol–water partition coefficient (Wildman–Crippen LogP) is 3.66. The molecule has 0 saturated heterocycles. The van der Waals surface area contributed by atoms with E-state index in [0.717, 1.165) is 5.56 Å². The van der Waals surface area contributed by atoms with Crippen molar-refractivity contribution in [3.63, 3.8) is 0 Å². The van der Waals surface area contributed by atoms with Gasteiger partial charge in [0, 0.05) is 29.0 Å². The van der Waals surface area contributed by atoms with Crippen LogP contribution in [0.1, 0.15) is 28.9 Å². The zero-order chi connectivity index (χ0) is 18.4. The molecule has 0 aliphatic carbocycles. The third-order valence-corrected chi connectivity index (χ3v) is 4.74. The van der Waals surface area contributed by atoms with Crippen LogP contribution in [-0.4, -0.2) is 31.6 Å². The number of aromatic nitrogens is 5. The Morgan fingerprint density at radius 3 is 2.63 bits per heavy atom. The van der Waals surface area contributed by atoms with Gasteiger partial charge in [-0.1, -0.05) is 12.1 Å². The van der Waals surface area contributed by atoms with Crippen molar-refractivity contribution in [1.82, 2.24) is 25.4 Å². The predicted molar refractivity (Wildman–Crippen MR) is 95.0 cm³/mol. The Kier molecular flexibility index (Phi) is 3.49. The van der Waals surface area contributed by atoms with Crippen molar-refractivity contribution in [2.45, 2.75) is 11.8 Å². The standard InChI is InChI=1S/C19H12F2N6/c20-12-3-1-10(2-4-12)14-8-22-15-6-13(21)5-11-7-24-26-18(16(11)15)17(14)19-23-9-25-27-19/h1-9,14,17H,(H,23,25,27). The first kappa shape index (κ1) is 15.7. The van der Waals surface area contributed by atoms with Gasteiger partial charge < -0.3 is 0 Å². The van der Waals surface area contributed by atoms with Crippen LogP contribution in [0.25, 0.3) is 10.8 Å². The number of rotatable bonds is 2. The third kappa shape index (κ3) is 2.57. The van der Waals surface area contributed by atoms with Gasteiger partial charge in [0.1, 0.15) is 23.8 Å². The molecule has 1 aliphatic rings. The first-order valence-electron chi connectivity index (χ1n) is 8.30. The molecule has 132 valence electrons. The van der Waals surface area contributed by atoms with E-state index in [2.05, 4.69) is 30.4 Å². The van der Waals surface area contributed by atoms with Crippen molar-refractivity contribution in [2.24, 2.45) is 4.99 Å². The Bertz CT molecular complexity index is 1160. The molecule has 5 rings (SSSR count). The van der Waals surface area contributed by atoms with Crippen LogP contribution in [0, 0.1) is 11.6 Å². The molecule has 2 aromatic heterocycles. The molecule has 1 N–H and O–H groups in total. The number of aromatic amines is 1. The number of hydrogen-bond acceptors (Lipinski definition) is 5. The lowest BCUT2D eigenvalue weighted by atomic mass is 9.83. The van der Waals surface area contributed by atoms with E-state index in [9.17, 15) is 8.78 Å². The van der Waals surface area contributed by atoms with Crippen molar-refractivity contribution in [1.29, 1.82) is 0 Å². The Morgan fingerprint density at radius 1 is 1.00 bits per heavy atom. The second-order valence-electron chi connectivity index (χ2n) is 6.32. The average Bonchev–Trinajstić information content (AvgIpc) is 3.14. The number of nitrogens with zero attached hydrogens (tertiary/aromatic N) is 5. The lowest BCUT2D eigenvalue weighted by Gasteiger charge is -2.21. The number of benzene rings is 2. The second kappa shape index (κ2) is 6.01. The zero-order valence-corrected chi connectivity index (χ0v) is 13.8. The first-order valence-corrected chi connectivity index (χ1v) is 8.30. The van der Waals surface area contributed by atoms with Crippen molar-refractivity contribution < 1.29 is 8.78 Å². The molecule has 0 radical (unpaired) electrons. The topological polar surface area (TPSA) is 79.7 Å². The Balaban J connectivity index is 1.81. The summed E-state index contributed by atoms with van der Waals surface area (Å²) in [5, 5.41) is 16.6. The normalized spacial score (nSPS) is 18.6. The molecule has 2 unspecified atom stereocenters. The smallest absolute Gasteiger partial charge is 0.137 e. The van der Waals surface area contributed by atoms with E-state index < -0.39 is 5.82 Å². The van der Waals surface area contributed by atoms with Crippen LogP contribution in [0.15, 0.2) is 53.9 Å². The lowest BCUT2D eigenvalue weighted by Crippen LogP contribution is -2.17.